The number of amides is 1. The van der Waals surface area contributed by atoms with Gasteiger partial charge < -0.3 is 15.8 Å². The summed E-state index contributed by atoms with van der Waals surface area (Å²) in [4.78, 5) is 14.0. The molecule has 6 heteroatoms. The number of likely N-dealkylation sites (tertiary alicyclic amines) is 1. The summed E-state index contributed by atoms with van der Waals surface area (Å²) in [6, 6.07) is 7.91. The molecular formula is C15H24ClN3O2. The van der Waals surface area contributed by atoms with Gasteiger partial charge in [0.1, 0.15) is 5.75 Å². The molecule has 0 aromatic heterocycles. The van der Waals surface area contributed by atoms with Gasteiger partial charge in [-0.3, -0.25) is 9.69 Å². The monoisotopic (exact) mass is 313 g/mol. The van der Waals surface area contributed by atoms with Crippen LogP contribution in [0.2, 0.25) is 0 Å². The predicted molar refractivity (Wildman–Crippen MR) is 85.7 cm³/mol. The van der Waals surface area contributed by atoms with Crippen molar-refractivity contribution in [3.05, 3.63) is 29.8 Å². The molecule has 0 spiro atoms. The van der Waals surface area contributed by atoms with Gasteiger partial charge in [-0.25, -0.2) is 0 Å². The Balaban J connectivity index is 0.00000220. The van der Waals surface area contributed by atoms with Crippen molar-refractivity contribution in [2.24, 2.45) is 5.73 Å². The SMILES string of the molecule is COc1cccc(CNC(=O)CN2CCCC(N)C2)c1.Cl. The van der Waals surface area contributed by atoms with Crippen molar-refractivity contribution in [1.29, 1.82) is 0 Å². The van der Waals surface area contributed by atoms with E-state index in [4.69, 9.17) is 10.5 Å². The van der Waals surface area contributed by atoms with Gasteiger partial charge in [0.2, 0.25) is 5.91 Å². The number of hydrogen-bond donors (Lipinski definition) is 2. The van der Waals surface area contributed by atoms with E-state index in [1.165, 1.54) is 0 Å². The van der Waals surface area contributed by atoms with E-state index in [1.54, 1.807) is 7.11 Å². The molecule has 1 saturated heterocycles. The minimum Gasteiger partial charge on any atom is -0.497 e. The molecule has 3 N–H and O–H groups in total. The van der Waals surface area contributed by atoms with E-state index in [0.29, 0.717) is 13.1 Å². The zero-order valence-corrected chi connectivity index (χ0v) is 13.2. The number of carbonyl (C=O) groups excluding carboxylic acids is 1. The summed E-state index contributed by atoms with van der Waals surface area (Å²) in [5.74, 6) is 0.848. The molecular weight excluding hydrogens is 290 g/mol. The quantitative estimate of drug-likeness (QED) is 0.856. The number of benzene rings is 1. The number of nitrogens with one attached hydrogen (secondary N) is 1. The lowest BCUT2D eigenvalue weighted by Crippen LogP contribution is -2.46. The summed E-state index contributed by atoms with van der Waals surface area (Å²) in [6.07, 6.45) is 2.13. The molecule has 21 heavy (non-hydrogen) atoms. The van der Waals surface area contributed by atoms with Crippen LogP contribution in [-0.4, -0.2) is 43.6 Å². The highest BCUT2D eigenvalue weighted by molar-refractivity contribution is 5.85. The average Bonchev–Trinajstić information content (AvgIpc) is 2.45. The molecule has 0 saturated carbocycles. The van der Waals surface area contributed by atoms with Crippen molar-refractivity contribution >= 4 is 18.3 Å². The van der Waals surface area contributed by atoms with Crippen molar-refractivity contribution in [1.82, 2.24) is 10.2 Å². The lowest BCUT2D eigenvalue weighted by atomic mass is 10.1. The molecule has 0 bridgehead atoms. The molecule has 1 atom stereocenters. The van der Waals surface area contributed by atoms with Crippen LogP contribution in [0.25, 0.3) is 0 Å². The van der Waals surface area contributed by atoms with E-state index in [1.807, 2.05) is 24.3 Å². The van der Waals surface area contributed by atoms with Crippen LogP contribution in [0, 0.1) is 0 Å². The van der Waals surface area contributed by atoms with Gasteiger partial charge in [-0.15, -0.1) is 12.4 Å². The Labute approximate surface area is 132 Å². The summed E-state index contributed by atoms with van der Waals surface area (Å²) in [6.45, 7) is 2.72. The Morgan fingerprint density at radius 2 is 2.33 bits per heavy atom. The molecule has 2 rings (SSSR count). The topological polar surface area (TPSA) is 67.6 Å². The number of nitrogens with two attached hydrogens (primary N) is 1. The Kier molecular flexibility index (Phi) is 7.50. The van der Waals surface area contributed by atoms with Crippen molar-refractivity contribution in [2.45, 2.75) is 25.4 Å². The number of carbonyl (C=O) groups is 1. The fourth-order valence-electron chi connectivity index (χ4n) is 2.48. The first-order chi connectivity index (χ1) is 9.67. The van der Waals surface area contributed by atoms with Crippen LogP contribution >= 0.6 is 12.4 Å². The normalized spacial score (nSPS) is 18.7. The zero-order chi connectivity index (χ0) is 14.4. The lowest BCUT2D eigenvalue weighted by molar-refractivity contribution is -0.122. The molecule has 1 aliphatic rings. The second-order valence-corrected chi connectivity index (χ2v) is 5.27. The molecule has 0 radical (unpaired) electrons. The van der Waals surface area contributed by atoms with Crippen molar-refractivity contribution in [3.63, 3.8) is 0 Å². The van der Waals surface area contributed by atoms with E-state index in [2.05, 4.69) is 10.2 Å². The minimum absolute atomic E-state index is 0. The Morgan fingerprint density at radius 3 is 3.05 bits per heavy atom. The highest BCUT2D eigenvalue weighted by Gasteiger charge is 2.18. The molecule has 1 heterocycles. The molecule has 118 valence electrons. The maximum atomic E-state index is 11.9. The first kappa shape index (κ1) is 17.8. The third-order valence-electron chi connectivity index (χ3n) is 3.53. The Morgan fingerprint density at radius 1 is 1.52 bits per heavy atom. The number of nitrogens with zero attached hydrogens (tertiary/aromatic N) is 1. The summed E-state index contributed by atoms with van der Waals surface area (Å²) in [5, 5.41) is 2.94. The maximum absolute atomic E-state index is 11.9. The molecule has 1 aromatic carbocycles. The van der Waals surface area contributed by atoms with Gasteiger partial charge in [0.05, 0.1) is 13.7 Å². The first-order valence-corrected chi connectivity index (χ1v) is 7.05. The van der Waals surface area contributed by atoms with E-state index < -0.39 is 0 Å². The summed E-state index contributed by atoms with van der Waals surface area (Å²) in [5.41, 5.74) is 6.95. The Bertz CT molecular complexity index is 456. The zero-order valence-electron chi connectivity index (χ0n) is 12.4. The van der Waals surface area contributed by atoms with Crippen LogP contribution in [0.1, 0.15) is 18.4 Å². The molecule has 1 unspecified atom stereocenters. The number of halogens is 1. The van der Waals surface area contributed by atoms with Crippen LogP contribution < -0.4 is 15.8 Å². The number of rotatable bonds is 5. The average molecular weight is 314 g/mol. The number of piperidine rings is 1. The second kappa shape index (κ2) is 8.87. The van der Waals surface area contributed by atoms with Crippen molar-refractivity contribution in [2.75, 3.05) is 26.7 Å². The van der Waals surface area contributed by atoms with Gasteiger partial charge in [0.25, 0.3) is 0 Å². The first-order valence-electron chi connectivity index (χ1n) is 7.05. The van der Waals surface area contributed by atoms with Crippen molar-refractivity contribution in [3.8, 4) is 5.75 Å². The summed E-state index contributed by atoms with van der Waals surface area (Å²) >= 11 is 0. The van der Waals surface area contributed by atoms with Gasteiger partial charge >= 0.3 is 0 Å². The molecule has 1 amide bonds. The smallest absolute Gasteiger partial charge is 0.234 e. The fourth-order valence-corrected chi connectivity index (χ4v) is 2.48. The van der Waals surface area contributed by atoms with Crippen molar-refractivity contribution < 1.29 is 9.53 Å². The van der Waals surface area contributed by atoms with E-state index in [9.17, 15) is 4.79 Å². The predicted octanol–water partition coefficient (Wildman–Crippen LogP) is 1.16. The molecule has 1 fully saturated rings. The Hall–Kier alpha value is -1.30. The van der Waals surface area contributed by atoms with Crippen LogP contribution in [0.3, 0.4) is 0 Å². The van der Waals surface area contributed by atoms with E-state index >= 15 is 0 Å². The largest absolute Gasteiger partial charge is 0.497 e. The second-order valence-electron chi connectivity index (χ2n) is 5.27. The van der Waals surface area contributed by atoms with Crippen LogP contribution in [0.4, 0.5) is 0 Å². The molecule has 1 aliphatic heterocycles. The van der Waals surface area contributed by atoms with Crippen LogP contribution in [0.15, 0.2) is 24.3 Å². The highest BCUT2D eigenvalue weighted by atomic mass is 35.5. The maximum Gasteiger partial charge on any atom is 0.234 e. The van der Waals surface area contributed by atoms with E-state index in [-0.39, 0.29) is 24.4 Å². The number of methoxy groups -OCH3 is 1. The van der Waals surface area contributed by atoms with Gasteiger partial charge in [-0.2, -0.15) is 0 Å². The molecule has 1 aromatic rings. The highest BCUT2D eigenvalue weighted by Crippen LogP contribution is 2.12. The molecule has 0 aliphatic carbocycles. The standard InChI is InChI=1S/C15H23N3O2.ClH/c1-20-14-6-2-4-12(8-14)9-17-15(19)11-18-7-3-5-13(16)10-18;/h2,4,6,8,13H,3,5,7,9-11,16H2,1H3,(H,17,19);1H. The third kappa shape index (κ3) is 5.91. The summed E-state index contributed by atoms with van der Waals surface area (Å²) < 4.78 is 5.16. The summed E-state index contributed by atoms with van der Waals surface area (Å²) in [7, 11) is 1.64. The number of ether oxygens (including phenoxy) is 1. The van der Waals surface area contributed by atoms with Gasteiger partial charge in [0.15, 0.2) is 0 Å². The third-order valence-corrected chi connectivity index (χ3v) is 3.53. The molecule has 5 nitrogen and oxygen atoms in total. The van der Waals surface area contributed by atoms with Gasteiger partial charge in [-0.1, -0.05) is 12.1 Å². The number of hydrogen-bond acceptors (Lipinski definition) is 4. The van der Waals surface area contributed by atoms with E-state index in [0.717, 1.165) is 37.2 Å². The van der Waals surface area contributed by atoms with Crippen LogP contribution in [-0.2, 0) is 11.3 Å². The van der Waals surface area contributed by atoms with Crippen LogP contribution in [0.5, 0.6) is 5.75 Å². The fraction of sp³-hybridized carbons (Fsp3) is 0.533. The minimum atomic E-state index is 0. The van der Waals surface area contributed by atoms with Gasteiger partial charge in [-0.05, 0) is 37.1 Å². The lowest BCUT2D eigenvalue weighted by Gasteiger charge is -2.29. The van der Waals surface area contributed by atoms with Gasteiger partial charge in [0, 0.05) is 19.1 Å².